The topological polar surface area (TPSA) is 90.7 Å². The molecule has 0 saturated carbocycles. The molecule has 2 aromatic rings. The lowest BCUT2D eigenvalue weighted by atomic mass is 10.2. The average molecular weight is 413 g/mol. The highest BCUT2D eigenvalue weighted by molar-refractivity contribution is 7.89. The molecule has 0 aliphatic carbocycles. The molecule has 8 heteroatoms. The molecule has 0 N–H and O–H groups in total. The molecule has 3 rings (SSSR count). The van der Waals surface area contributed by atoms with E-state index in [1.54, 1.807) is 24.0 Å². The van der Waals surface area contributed by atoms with E-state index in [-0.39, 0.29) is 42.5 Å². The molecular weight excluding hydrogens is 390 g/mol. The summed E-state index contributed by atoms with van der Waals surface area (Å²) < 4.78 is 32.8. The molecule has 0 unspecified atom stereocenters. The highest BCUT2D eigenvalue weighted by Gasteiger charge is 2.33. The largest absolute Gasteiger partial charge is 0.481 e. The predicted molar refractivity (Wildman–Crippen MR) is 108 cm³/mol. The summed E-state index contributed by atoms with van der Waals surface area (Å²) in [6.07, 6.45) is -0.667. The molecule has 2 aromatic carbocycles. The van der Waals surface area contributed by atoms with Gasteiger partial charge in [-0.25, -0.2) is 8.42 Å². The zero-order valence-corrected chi connectivity index (χ0v) is 17.2. The van der Waals surface area contributed by atoms with Crippen LogP contribution in [0, 0.1) is 18.3 Å². The number of nitriles is 1. The number of benzene rings is 2. The summed E-state index contributed by atoms with van der Waals surface area (Å²) in [5, 5.41) is 9.19. The highest BCUT2D eigenvalue weighted by atomic mass is 32.2. The first kappa shape index (κ1) is 20.8. The van der Waals surface area contributed by atoms with Crippen LogP contribution in [0.4, 0.5) is 0 Å². The predicted octanol–water partition coefficient (Wildman–Crippen LogP) is 2.17. The summed E-state index contributed by atoms with van der Waals surface area (Å²) in [6, 6.07) is 15.5. The first-order valence-corrected chi connectivity index (χ1v) is 10.8. The Morgan fingerprint density at radius 1 is 1.07 bits per heavy atom. The van der Waals surface area contributed by atoms with E-state index in [1.807, 2.05) is 37.3 Å². The fourth-order valence-electron chi connectivity index (χ4n) is 3.20. The van der Waals surface area contributed by atoms with Crippen molar-refractivity contribution in [1.82, 2.24) is 9.21 Å². The smallest absolute Gasteiger partial charge is 0.263 e. The molecule has 1 aliphatic heterocycles. The van der Waals surface area contributed by atoms with Crippen LogP contribution in [0.3, 0.4) is 0 Å². The molecule has 0 spiro atoms. The number of piperazine rings is 1. The van der Waals surface area contributed by atoms with Gasteiger partial charge in [-0.3, -0.25) is 4.79 Å². The van der Waals surface area contributed by atoms with Gasteiger partial charge in [0.2, 0.25) is 10.0 Å². The van der Waals surface area contributed by atoms with E-state index in [2.05, 4.69) is 0 Å². The van der Waals surface area contributed by atoms with Crippen LogP contribution in [0.5, 0.6) is 5.75 Å². The van der Waals surface area contributed by atoms with Gasteiger partial charge in [-0.15, -0.1) is 0 Å². The van der Waals surface area contributed by atoms with Crippen LogP contribution in [-0.2, 0) is 14.8 Å². The number of nitrogens with zero attached hydrogens (tertiary/aromatic N) is 3. The third kappa shape index (κ3) is 4.58. The van der Waals surface area contributed by atoms with E-state index in [1.165, 1.54) is 16.4 Å². The lowest BCUT2D eigenvalue weighted by Gasteiger charge is -2.35. The van der Waals surface area contributed by atoms with Gasteiger partial charge in [0.15, 0.2) is 6.10 Å². The maximum Gasteiger partial charge on any atom is 0.263 e. The number of aryl methyl sites for hydroxylation is 1. The Morgan fingerprint density at radius 2 is 1.69 bits per heavy atom. The Bertz CT molecular complexity index is 1020. The van der Waals surface area contributed by atoms with Crippen LogP contribution in [0.1, 0.15) is 18.1 Å². The summed E-state index contributed by atoms with van der Waals surface area (Å²) in [4.78, 5) is 14.3. The van der Waals surface area contributed by atoms with Crippen molar-refractivity contribution >= 4 is 15.9 Å². The molecule has 1 aliphatic rings. The summed E-state index contributed by atoms with van der Waals surface area (Å²) in [7, 11) is -3.79. The van der Waals surface area contributed by atoms with Gasteiger partial charge >= 0.3 is 0 Å². The first-order valence-electron chi connectivity index (χ1n) is 9.34. The molecule has 0 radical (unpaired) electrons. The molecule has 7 nitrogen and oxygen atoms in total. The van der Waals surface area contributed by atoms with Crippen LogP contribution in [0.15, 0.2) is 53.4 Å². The van der Waals surface area contributed by atoms with E-state index in [4.69, 9.17) is 4.74 Å². The van der Waals surface area contributed by atoms with Crippen LogP contribution in [0.2, 0.25) is 0 Å². The fourth-order valence-corrected chi connectivity index (χ4v) is 4.76. The van der Waals surface area contributed by atoms with E-state index < -0.39 is 16.1 Å². The average Bonchev–Trinajstić information content (AvgIpc) is 2.74. The second-order valence-electron chi connectivity index (χ2n) is 6.91. The first-order chi connectivity index (χ1) is 13.8. The quantitative estimate of drug-likeness (QED) is 0.749. The standard InChI is InChI=1S/C21H23N3O4S/c1-16-7-9-19(10-8-16)28-17(2)21(25)23-11-13-24(14-12-23)29(26,27)20-6-4-3-5-18(20)15-22/h3-10,17H,11-14H2,1-2H3/t17-/m1/s1. The van der Waals surface area contributed by atoms with Gasteiger partial charge in [-0.2, -0.15) is 9.57 Å². The van der Waals surface area contributed by atoms with E-state index in [9.17, 15) is 18.5 Å². The maximum atomic E-state index is 12.9. The number of hydrogen-bond donors (Lipinski definition) is 0. The van der Waals surface area contributed by atoms with Gasteiger partial charge in [0, 0.05) is 26.2 Å². The third-order valence-corrected chi connectivity index (χ3v) is 6.81. The molecule has 1 saturated heterocycles. The van der Waals surface area contributed by atoms with Gasteiger partial charge in [-0.05, 0) is 38.1 Å². The number of hydrogen-bond acceptors (Lipinski definition) is 5. The van der Waals surface area contributed by atoms with Crippen molar-refractivity contribution in [1.29, 1.82) is 5.26 Å². The Morgan fingerprint density at radius 3 is 2.31 bits per heavy atom. The van der Waals surface area contributed by atoms with Gasteiger partial charge in [0.05, 0.1) is 10.5 Å². The van der Waals surface area contributed by atoms with Gasteiger partial charge in [0.25, 0.3) is 5.91 Å². The zero-order chi connectivity index (χ0) is 21.0. The van der Waals surface area contributed by atoms with Crippen molar-refractivity contribution in [3.05, 3.63) is 59.7 Å². The number of sulfonamides is 1. The lowest BCUT2D eigenvalue weighted by Crippen LogP contribution is -2.53. The number of carbonyl (C=O) groups is 1. The molecule has 1 heterocycles. The van der Waals surface area contributed by atoms with Crippen LogP contribution in [0.25, 0.3) is 0 Å². The molecule has 152 valence electrons. The van der Waals surface area contributed by atoms with Crippen LogP contribution < -0.4 is 4.74 Å². The van der Waals surface area contributed by atoms with Gasteiger partial charge in [-0.1, -0.05) is 29.8 Å². The highest BCUT2D eigenvalue weighted by Crippen LogP contribution is 2.21. The minimum Gasteiger partial charge on any atom is -0.481 e. The molecule has 1 amide bonds. The Labute approximate surface area is 171 Å². The lowest BCUT2D eigenvalue weighted by molar-refractivity contribution is -0.139. The summed E-state index contributed by atoms with van der Waals surface area (Å²) in [6.45, 7) is 4.55. The van der Waals surface area contributed by atoms with Crippen molar-refractivity contribution in [2.75, 3.05) is 26.2 Å². The van der Waals surface area contributed by atoms with E-state index in [0.717, 1.165) is 5.56 Å². The summed E-state index contributed by atoms with van der Waals surface area (Å²) in [5.74, 6) is 0.436. The number of rotatable bonds is 5. The van der Waals surface area contributed by atoms with Crippen molar-refractivity contribution in [3.8, 4) is 11.8 Å². The molecule has 1 fully saturated rings. The third-order valence-electron chi connectivity index (χ3n) is 4.86. The molecular formula is C21H23N3O4S. The molecule has 0 aromatic heterocycles. The Kier molecular flexibility index (Phi) is 6.20. The number of ether oxygens (including phenoxy) is 1. The maximum absolute atomic E-state index is 12.9. The monoisotopic (exact) mass is 413 g/mol. The zero-order valence-electron chi connectivity index (χ0n) is 16.4. The van der Waals surface area contributed by atoms with Crippen LogP contribution >= 0.6 is 0 Å². The van der Waals surface area contributed by atoms with Crippen molar-refractivity contribution in [2.24, 2.45) is 0 Å². The van der Waals surface area contributed by atoms with Gasteiger partial charge < -0.3 is 9.64 Å². The van der Waals surface area contributed by atoms with E-state index in [0.29, 0.717) is 5.75 Å². The Hall–Kier alpha value is -2.89. The van der Waals surface area contributed by atoms with Crippen molar-refractivity contribution in [3.63, 3.8) is 0 Å². The van der Waals surface area contributed by atoms with Crippen LogP contribution in [-0.4, -0.2) is 55.8 Å². The van der Waals surface area contributed by atoms with Crippen molar-refractivity contribution in [2.45, 2.75) is 24.8 Å². The summed E-state index contributed by atoms with van der Waals surface area (Å²) in [5.41, 5.74) is 1.22. The van der Waals surface area contributed by atoms with Gasteiger partial charge in [0.1, 0.15) is 11.8 Å². The Balaban J connectivity index is 1.63. The molecule has 0 bridgehead atoms. The normalized spacial score (nSPS) is 16.1. The minimum atomic E-state index is -3.79. The fraction of sp³-hybridized carbons (Fsp3) is 0.333. The SMILES string of the molecule is Cc1ccc(O[C@H](C)C(=O)N2CCN(S(=O)(=O)c3ccccc3C#N)CC2)cc1. The molecule has 1 atom stereocenters. The van der Waals surface area contributed by atoms with E-state index >= 15 is 0 Å². The second kappa shape index (κ2) is 8.64. The van der Waals surface area contributed by atoms with Crippen molar-refractivity contribution < 1.29 is 17.9 Å². The second-order valence-corrected chi connectivity index (χ2v) is 8.82. The minimum absolute atomic E-state index is 0.00153. The summed E-state index contributed by atoms with van der Waals surface area (Å²) >= 11 is 0. The number of amides is 1. The number of carbonyl (C=O) groups excluding carboxylic acids is 1. The molecule has 29 heavy (non-hydrogen) atoms.